The molecule has 0 saturated carbocycles. The number of hydrogen-bond acceptors (Lipinski definition) is 6. The molecule has 2 heterocycles. The molecule has 1 aliphatic rings. The number of aromatic nitrogens is 2. The van der Waals surface area contributed by atoms with Crippen molar-refractivity contribution in [2.24, 2.45) is 0 Å². The highest BCUT2D eigenvalue weighted by atomic mass is 35.5. The quantitative estimate of drug-likeness (QED) is 0.232. The Morgan fingerprint density at radius 3 is 2.29 bits per heavy atom. The fourth-order valence-corrected chi connectivity index (χ4v) is 5.73. The maximum Gasteiger partial charge on any atom is 0.390 e. The van der Waals surface area contributed by atoms with Crippen LogP contribution in [0.2, 0.25) is 10.0 Å². The van der Waals surface area contributed by atoms with Crippen LogP contribution in [0.3, 0.4) is 0 Å². The minimum absolute atomic E-state index is 0.0299. The van der Waals surface area contributed by atoms with E-state index in [2.05, 4.69) is 14.7 Å². The molecule has 1 N–H and O–H groups in total. The third kappa shape index (κ3) is 7.48. The van der Waals surface area contributed by atoms with Crippen molar-refractivity contribution in [1.29, 1.82) is 0 Å². The summed E-state index contributed by atoms with van der Waals surface area (Å²) < 4.78 is 97.0. The van der Waals surface area contributed by atoms with E-state index in [0.717, 1.165) is 19.3 Å². The molecule has 1 fully saturated rings. The second-order valence-corrected chi connectivity index (χ2v) is 11.8. The van der Waals surface area contributed by atoms with Crippen molar-refractivity contribution in [3.05, 3.63) is 63.3 Å². The van der Waals surface area contributed by atoms with Crippen LogP contribution in [-0.2, 0) is 10.1 Å². The van der Waals surface area contributed by atoms with Gasteiger partial charge in [0.05, 0.1) is 28.6 Å². The normalized spacial score (nSPS) is 14.7. The largest absolute Gasteiger partial charge is 0.390 e. The Labute approximate surface area is 242 Å². The summed E-state index contributed by atoms with van der Waals surface area (Å²) in [5.41, 5.74) is 2.95. The first-order valence-corrected chi connectivity index (χ1v) is 14.6. The van der Waals surface area contributed by atoms with Gasteiger partial charge < -0.3 is 4.18 Å². The second-order valence-electron chi connectivity index (χ2n) is 9.30. The number of piperidine rings is 1. The molecular weight excluding hydrogens is 618 g/mol. The lowest BCUT2D eigenvalue weighted by Crippen LogP contribution is -2.45. The number of hydrogen-bond donors (Lipinski definition) is 1. The number of nitrogens with zero attached hydrogens (tertiary/aromatic N) is 3. The molecule has 222 valence electrons. The summed E-state index contributed by atoms with van der Waals surface area (Å²) in [6, 6.07) is 5.80. The lowest BCUT2D eigenvalue weighted by atomic mass is 10.1. The number of halogens is 7. The third-order valence-electron chi connectivity index (χ3n) is 6.21. The molecule has 1 aliphatic heterocycles. The van der Waals surface area contributed by atoms with Crippen molar-refractivity contribution in [1.82, 2.24) is 20.2 Å². The molecule has 16 heteroatoms. The number of alkyl halides is 3. The summed E-state index contributed by atoms with van der Waals surface area (Å²) in [6.07, 6.45) is -3.79. The summed E-state index contributed by atoms with van der Waals surface area (Å²) in [7, 11) is -4.99. The van der Waals surface area contributed by atoms with Crippen LogP contribution in [0.15, 0.2) is 30.3 Å². The van der Waals surface area contributed by atoms with Gasteiger partial charge in [-0.2, -0.15) is 26.7 Å². The average molecular weight is 641 g/mol. The minimum atomic E-state index is -4.99. The smallest absolute Gasteiger partial charge is 0.376 e. The SMILES string of the molecule is Cc1c(C(=O)NN2CCCCC2)nn(-c2ccc(Cl)cc2Cl)c1-c1cc(F)c(OS(=O)(=O)CCC(F)(F)F)c(F)c1. The van der Waals surface area contributed by atoms with E-state index in [1.807, 2.05) is 0 Å². The van der Waals surface area contributed by atoms with Gasteiger partial charge in [-0.3, -0.25) is 10.2 Å². The zero-order valence-corrected chi connectivity index (χ0v) is 23.7. The van der Waals surface area contributed by atoms with E-state index < -0.39 is 51.8 Å². The standard InChI is InChI=1S/C25H23Cl2F5N4O4S/c1-14-21(24(37)34-35-8-3-2-4-9-35)33-36(20-6-5-16(26)13-17(20)27)22(14)15-11-18(28)23(19(29)12-15)40-41(38,39)10-7-25(30,31)32/h5-6,11-13H,2-4,7-10H2,1H3,(H,34,37). The molecule has 0 radical (unpaired) electrons. The van der Waals surface area contributed by atoms with E-state index in [1.165, 1.54) is 29.8 Å². The molecule has 1 saturated heterocycles. The summed E-state index contributed by atoms with van der Waals surface area (Å²) in [5, 5.41) is 6.50. The number of carbonyl (C=O) groups excluding carboxylic acids is 1. The first-order valence-electron chi connectivity index (χ1n) is 12.2. The molecule has 1 amide bonds. The number of carbonyl (C=O) groups is 1. The Bertz CT molecular complexity index is 1550. The Morgan fingerprint density at radius 1 is 1.07 bits per heavy atom. The van der Waals surface area contributed by atoms with Crippen molar-refractivity contribution >= 4 is 39.2 Å². The van der Waals surface area contributed by atoms with E-state index in [1.54, 1.807) is 5.01 Å². The van der Waals surface area contributed by atoms with Gasteiger partial charge in [0.15, 0.2) is 17.3 Å². The number of nitrogens with one attached hydrogen (secondary N) is 1. The van der Waals surface area contributed by atoms with Crippen LogP contribution in [0, 0.1) is 18.6 Å². The zero-order chi connectivity index (χ0) is 30.1. The number of benzene rings is 2. The Morgan fingerprint density at radius 2 is 1.71 bits per heavy atom. The molecule has 0 unspecified atom stereocenters. The minimum Gasteiger partial charge on any atom is -0.376 e. The van der Waals surface area contributed by atoms with E-state index in [4.69, 9.17) is 23.2 Å². The molecule has 41 heavy (non-hydrogen) atoms. The number of hydrazine groups is 1. The molecule has 2 aromatic carbocycles. The van der Waals surface area contributed by atoms with Crippen molar-refractivity contribution in [2.45, 2.75) is 38.8 Å². The average Bonchev–Trinajstić information content (AvgIpc) is 3.22. The fourth-order valence-electron chi connectivity index (χ4n) is 4.27. The predicted molar refractivity (Wildman–Crippen MR) is 142 cm³/mol. The van der Waals surface area contributed by atoms with Crippen LogP contribution in [0.1, 0.15) is 41.7 Å². The molecule has 0 bridgehead atoms. The summed E-state index contributed by atoms with van der Waals surface area (Å²) >= 11 is 12.4. The first kappa shape index (κ1) is 31.0. The summed E-state index contributed by atoms with van der Waals surface area (Å²) in [6.45, 7) is 2.76. The van der Waals surface area contributed by atoms with Crippen LogP contribution >= 0.6 is 23.2 Å². The van der Waals surface area contributed by atoms with E-state index >= 15 is 8.78 Å². The Hall–Kier alpha value is -2.94. The molecule has 0 atom stereocenters. The molecule has 3 aromatic rings. The predicted octanol–water partition coefficient (Wildman–Crippen LogP) is 6.22. The van der Waals surface area contributed by atoms with Crippen LogP contribution < -0.4 is 9.61 Å². The lowest BCUT2D eigenvalue weighted by Gasteiger charge is -2.26. The summed E-state index contributed by atoms with van der Waals surface area (Å²) in [4.78, 5) is 13.2. The van der Waals surface area contributed by atoms with E-state index in [9.17, 15) is 26.4 Å². The topological polar surface area (TPSA) is 93.5 Å². The van der Waals surface area contributed by atoms with Crippen molar-refractivity contribution in [2.75, 3.05) is 18.8 Å². The van der Waals surface area contributed by atoms with Crippen LogP contribution in [0.4, 0.5) is 22.0 Å². The van der Waals surface area contributed by atoms with Crippen LogP contribution in [0.5, 0.6) is 5.75 Å². The van der Waals surface area contributed by atoms with Crippen LogP contribution in [0.25, 0.3) is 16.9 Å². The van der Waals surface area contributed by atoms with Gasteiger partial charge in [-0.15, -0.1) is 0 Å². The highest BCUT2D eigenvalue weighted by Crippen LogP contribution is 2.36. The van der Waals surface area contributed by atoms with E-state index in [0.29, 0.717) is 25.2 Å². The van der Waals surface area contributed by atoms with Crippen molar-refractivity contribution < 1.29 is 39.3 Å². The maximum absolute atomic E-state index is 15.1. The van der Waals surface area contributed by atoms with Gasteiger partial charge in [0.1, 0.15) is 0 Å². The van der Waals surface area contributed by atoms with Gasteiger partial charge in [0.2, 0.25) is 5.75 Å². The molecule has 0 spiro atoms. The maximum atomic E-state index is 15.1. The molecule has 4 rings (SSSR count). The van der Waals surface area contributed by atoms with Gasteiger partial charge in [-0.1, -0.05) is 29.6 Å². The van der Waals surface area contributed by atoms with E-state index in [-0.39, 0.29) is 38.2 Å². The van der Waals surface area contributed by atoms with Crippen molar-refractivity contribution in [3.63, 3.8) is 0 Å². The monoisotopic (exact) mass is 640 g/mol. The first-order chi connectivity index (χ1) is 19.1. The zero-order valence-electron chi connectivity index (χ0n) is 21.4. The third-order valence-corrected chi connectivity index (χ3v) is 7.87. The van der Waals surface area contributed by atoms with Gasteiger partial charge in [-0.25, -0.2) is 18.5 Å². The van der Waals surface area contributed by atoms with Crippen molar-refractivity contribution in [3.8, 4) is 22.7 Å². The van der Waals surface area contributed by atoms with Crippen LogP contribution in [-0.4, -0.2) is 54.1 Å². The molecule has 1 aromatic heterocycles. The van der Waals surface area contributed by atoms with Gasteiger partial charge in [-0.05, 0) is 50.1 Å². The number of amides is 1. The highest BCUT2D eigenvalue weighted by Gasteiger charge is 2.32. The van der Waals surface area contributed by atoms with Gasteiger partial charge in [0.25, 0.3) is 5.91 Å². The Balaban J connectivity index is 1.77. The van der Waals surface area contributed by atoms with Gasteiger partial charge in [0, 0.05) is 29.2 Å². The highest BCUT2D eigenvalue weighted by molar-refractivity contribution is 7.87. The molecule has 0 aliphatic carbocycles. The van der Waals surface area contributed by atoms with Gasteiger partial charge >= 0.3 is 16.3 Å². The number of rotatable bonds is 8. The lowest BCUT2D eigenvalue weighted by molar-refractivity contribution is -0.130. The Kier molecular flexibility index (Phi) is 9.16. The molecule has 8 nitrogen and oxygen atoms in total. The molecular formula is C25H23Cl2F5N4O4S. The second kappa shape index (κ2) is 12.1. The fraction of sp³-hybridized carbons (Fsp3) is 0.360. The summed E-state index contributed by atoms with van der Waals surface area (Å²) in [5.74, 6) is -6.53.